The number of pyridine rings is 1. The zero-order valence-electron chi connectivity index (χ0n) is 12.7. The van der Waals surface area contributed by atoms with E-state index in [2.05, 4.69) is 36.2 Å². The number of nitrogens with zero attached hydrogens (tertiary/aromatic N) is 1. The van der Waals surface area contributed by atoms with Crippen molar-refractivity contribution < 1.29 is 5.11 Å². The van der Waals surface area contributed by atoms with Gasteiger partial charge >= 0.3 is 0 Å². The standard InChI is InChI=1S/C20H19NO/c1-2-15-8-10-16(11-9-15)19-13-12-18(14-22)21-20(19)17-6-4-3-5-7-17/h3-13,22H,2,14H2,1H3. The van der Waals surface area contributed by atoms with Crippen LogP contribution in [0.1, 0.15) is 18.2 Å². The molecule has 0 spiro atoms. The van der Waals surface area contributed by atoms with Gasteiger partial charge in [0.25, 0.3) is 0 Å². The van der Waals surface area contributed by atoms with Crippen molar-refractivity contribution in [3.63, 3.8) is 0 Å². The maximum absolute atomic E-state index is 9.38. The Balaban J connectivity index is 2.14. The van der Waals surface area contributed by atoms with Gasteiger partial charge in [0.2, 0.25) is 0 Å². The highest BCUT2D eigenvalue weighted by Gasteiger charge is 2.10. The van der Waals surface area contributed by atoms with E-state index >= 15 is 0 Å². The molecule has 0 aliphatic carbocycles. The third-order valence-corrected chi connectivity index (χ3v) is 3.84. The van der Waals surface area contributed by atoms with Crippen LogP contribution in [0.25, 0.3) is 22.4 Å². The van der Waals surface area contributed by atoms with Crippen molar-refractivity contribution in [1.29, 1.82) is 0 Å². The van der Waals surface area contributed by atoms with Crippen molar-refractivity contribution in [3.8, 4) is 22.4 Å². The van der Waals surface area contributed by atoms with Crippen LogP contribution in [-0.2, 0) is 13.0 Å². The number of hydrogen-bond acceptors (Lipinski definition) is 2. The second-order valence-corrected chi connectivity index (χ2v) is 5.27. The Hall–Kier alpha value is -2.45. The van der Waals surface area contributed by atoms with Crippen molar-refractivity contribution in [2.45, 2.75) is 20.0 Å². The molecule has 2 heteroatoms. The largest absolute Gasteiger partial charge is 0.390 e. The Labute approximate surface area is 131 Å². The van der Waals surface area contributed by atoms with Gasteiger partial charge in [-0.3, -0.25) is 0 Å². The van der Waals surface area contributed by atoms with Crippen molar-refractivity contribution in [2.75, 3.05) is 0 Å². The van der Waals surface area contributed by atoms with E-state index < -0.39 is 0 Å². The Morgan fingerprint density at radius 3 is 2.18 bits per heavy atom. The van der Waals surface area contributed by atoms with E-state index in [4.69, 9.17) is 0 Å². The molecule has 0 bridgehead atoms. The van der Waals surface area contributed by atoms with Crippen LogP contribution in [0.4, 0.5) is 0 Å². The van der Waals surface area contributed by atoms with Crippen LogP contribution in [0.2, 0.25) is 0 Å². The first kappa shape index (κ1) is 14.5. The molecule has 0 radical (unpaired) electrons. The number of aliphatic hydroxyl groups is 1. The molecule has 1 heterocycles. The number of hydrogen-bond donors (Lipinski definition) is 1. The fourth-order valence-electron chi connectivity index (χ4n) is 2.56. The lowest BCUT2D eigenvalue weighted by molar-refractivity contribution is 0.277. The number of aryl methyl sites for hydroxylation is 1. The third-order valence-electron chi connectivity index (χ3n) is 3.84. The minimum absolute atomic E-state index is 0.0467. The Morgan fingerprint density at radius 2 is 1.55 bits per heavy atom. The molecule has 0 atom stereocenters. The van der Waals surface area contributed by atoms with Crippen LogP contribution in [-0.4, -0.2) is 10.1 Å². The van der Waals surface area contributed by atoms with E-state index in [1.165, 1.54) is 5.56 Å². The summed E-state index contributed by atoms with van der Waals surface area (Å²) in [4.78, 5) is 4.63. The lowest BCUT2D eigenvalue weighted by atomic mass is 9.97. The van der Waals surface area contributed by atoms with Crippen LogP contribution in [0.3, 0.4) is 0 Å². The highest BCUT2D eigenvalue weighted by molar-refractivity contribution is 5.80. The van der Waals surface area contributed by atoms with E-state index in [9.17, 15) is 5.11 Å². The normalized spacial score (nSPS) is 10.6. The molecule has 2 nitrogen and oxygen atoms in total. The Bertz CT molecular complexity index is 748. The van der Waals surface area contributed by atoms with Crippen molar-refractivity contribution in [1.82, 2.24) is 4.98 Å². The molecular formula is C20H19NO. The lowest BCUT2D eigenvalue weighted by Crippen LogP contribution is -1.95. The highest BCUT2D eigenvalue weighted by Crippen LogP contribution is 2.31. The molecule has 0 unspecified atom stereocenters. The van der Waals surface area contributed by atoms with Gasteiger partial charge in [-0.2, -0.15) is 0 Å². The number of aromatic nitrogens is 1. The molecule has 0 saturated carbocycles. The molecule has 22 heavy (non-hydrogen) atoms. The van der Waals surface area contributed by atoms with Crippen LogP contribution >= 0.6 is 0 Å². The molecule has 3 aromatic rings. The maximum atomic E-state index is 9.38. The summed E-state index contributed by atoms with van der Waals surface area (Å²) in [6.07, 6.45) is 1.04. The summed E-state index contributed by atoms with van der Waals surface area (Å²) in [5.41, 5.74) is 6.22. The summed E-state index contributed by atoms with van der Waals surface area (Å²) in [7, 11) is 0. The molecule has 3 rings (SSSR count). The van der Waals surface area contributed by atoms with Gasteiger partial charge in [0.15, 0.2) is 0 Å². The monoisotopic (exact) mass is 289 g/mol. The second kappa shape index (κ2) is 6.54. The first-order valence-corrected chi connectivity index (χ1v) is 7.57. The smallest absolute Gasteiger partial charge is 0.0853 e. The average molecular weight is 289 g/mol. The van der Waals surface area contributed by atoms with Gasteiger partial charge in [0, 0.05) is 11.1 Å². The molecule has 0 amide bonds. The van der Waals surface area contributed by atoms with E-state index in [0.717, 1.165) is 28.8 Å². The van der Waals surface area contributed by atoms with Crippen molar-refractivity contribution in [3.05, 3.63) is 78.0 Å². The van der Waals surface area contributed by atoms with Gasteiger partial charge < -0.3 is 5.11 Å². The molecule has 110 valence electrons. The minimum atomic E-state index is -0.0467. The molecular weight excluding hydrogens is 270 g/mol. The second-order valence-electron chi connectivity index (χ2n) is 5.27. The summed E-state index contributed by atoms with van der Waals surface area (Å²) in [6.45, 7) is 2.11. The van der Waals surface area contributed by atoms with Crippen molar-refractivity contribution in [2.24, 2.45) is 0 Å². The van der Waals surface area contributed by atoms with Gasteiger partial charge in [-0.1, -0.05) is 67.6 Å². The molecule has 0 aliphatic heterocycles. The average Bonchev–Trinajstić information content (AvgIpc) is 2.62. The van der Waals surface area contributed by atoms with Crippen LogP contribution < -0.4 is 0 Å². The summed E-state index contributed by atoms with van der Waals surface area (Å²) in [5, 5.41) is 9.38. The van der Waals surface area contributed by atoms with Crippen molar-refractivity contribution >= 4 is 0 Å². The molecule has 2 aromatic carbocycles. The Morgan fingerprint density at radius 1 is 0.818 bits per heavy atom. The molecule has 0 aliphatic rings. The number of rotatable bonds is 4. The molecule has 0 saturated heterocycles. The highest BCUT2D eigenvalue weighted by atomic mass is 16.3. The molecule has 1 aromatic heterocycles. The van der Waals surface area contributed by atoms with Crippen LogP contribution in [0, 0.1) is 0 Å². The summed E-state index contributed by atoms with van der Waals surface area (Å²) >= 11 is 0. The fraction of sp³-hybridized carbons (Fsp3) is 0.150. The van der Waals surface area contributed by atoms with E-state index in [1.807, 2.05) is 42.5 Å². The number of aliphatic hydroxyl groups excluding tert-OH is 1. The van der Waals surface area contributed by atoms with Gasteiger partial charge in [0.1, 0.15) is 0 Å². The quantitative estimate of drug-likeness (QED) is 0.768. The SMILES string of the molecule is CCc1ccc(-c2ccc(CO)nc2-c2ccccc2)cc1. The predicted octanol–water partition coefficient (Wildman–Crippen LogP) is 4.47. The predicted molar refractivity (Wildman–Crippen MR) is 90.4 cm³/mol. The summed E-state index contributed by atoms with van der Waals surface area (Å²) in [5.74, 6) is 0. The lowest BCUT2D eigenvalue weighted by Gasteiger charge is -2.11. The van der Waals surface area contributed by atoms with Gasteiger partial charge in [0.05, 0.1) is 18.0 Å². The van der Waals surface area contributed by atoms with Gasteiger partial charge in [-0.15, -0.1) is 0 Å². The van der Waals surface area contributed by atoms with Gasteiger partial charge in [-0.25, -0.2) is 4.98 Å². The van der Waals surface area contributed by atoms with Crippen LogP contribution in [0.5, 0.6) is 0 Å². The third kappa shape index (κ3) is 2.92. The Kier molecular flexibility index (Phi) is 4.31. The van der Waals surface area contributed by atoms with Gasteiger partial charge in [-0.05, 0) is 23.6 Å². The van der Waals surface area contributed by atoms with E-state index in [0.29, 0.717) is 5.69 Å². The zero-order chi connectivity index (χ0) is 15.4. The summed E-state index contributed by atoms with van der Waals surface area (Å²) < 4.78 is 0. The zero-order valence-corrected chi connectivity index (χ0v) is 12.7. The topological polar surface area (TPSA) is 33.1 Å². The number of benzene rings is 2. The summed E-state index contributed by atoms with van der Waals surface area (Å²) in [6, 6.07) is 22.6. The maximum Gasteiger partial charge on any atom is 0.0853 e. The fourth-order valence-corrected chi connectivity index (χ4v) is 2.56. The molecule has 1 N–H and O–H groups in total. The van der Waals surface area contributed by atoms with E-state index in [1.54, 1.807) is 0 Å². The first-order chi connectivity index (χ1) is 10.8. The van der Waals surface area contributed by atoms with E-state index in [-0.39, 0.29) is 6.61 Å². The van der Waals surface area contributed by atoms with Crippen LogP contribution in [0.15, 0.2) is 66.7 Å². The molecule has 0 fully saturated rings. The minimum Gasteiger partial charge on any atom is -0.390 e. The first-order valence-electron chi connectivity index (χ1n) is 7.57.